The molecule has 1 unspecified atom stereocenters. The summed E-state index contributed by atoms with van der Waals surface area (Å²) in [5, 5.41) is 2.98. The lowest BCUT2D eigenvalue weighted by Crippen LogP contribution is -2.36. The van der Waals surface area contributed by atoms with Crippen LogP contribution in [-0.4, -0.2) is 38.2 Å². The number of rotatable bonds is 7. The van der Waals surface area contributed by atoms with Crippen LogP contribution in [0, 0.1) is 0 Å². The van der Waals surface area contributed by atoms with Gasteiger partial charge in [-0.2, -0.15) is 11.8 Å². The number of nitrogens with two attached hydrogens (primary N) is 1. The molecule has 5 nitrogen and oxygen atoms in total. The molecule has 0 bridgehead atoms. The zero-order chi connectivity index (χ0) is 15.1. The summed E-state index contributed by atoms with van der Waals surface area (Å²) in [4.78, 5) is 12.3. The second kappa shape index (κ2) is 7.89. The van der Waals surface area contributed by atoms with Crippen molar-refractivity contribution in [2.24, 2.45) is 0 Å². The number of amides is 1. The summed E-state index contributed by atoms with van der Waals surface area (Å²) in [7, 11) is 3.06. The van der Waals surface area contributed by atoms with Crippen LogP contribution in [0.4, 0.5) is 5.69 Å². The molecule has 20 heavy (non-hydrogen) atoms. The molecule has 1 rings (SSSR count). The predicted molar refractivity (Wildman–Crippen MR) is 83.9 cm³/mol. The molecule has 0 aromatic heterocycles. The summed E-state index contributed by atoms with van der Waals surface area (Å²) in [6.07, 6.45) is 2.89. The van der Waals surface area contributed by atoms with Gasteiger partial charge in [-0.1, -0.05) is 6.92 Å². The summed E-state index contributed by atoms with van der Waals surface area (Å²) >= 11 is 1.70. The number of benzene rings is 1. The van der Waals surface area contributed by atoms with E-state index in [1.165, 1.54) is 14.2 Å². The Morgan fingerprint density at radius 2 is 1.95 bits per heavy atom. The van der Waals surface area contributed by atoms with E-state index in [1.54, 1.807) is 23.9 Å². The molecule has 112 valence electrons. The highest BCUT2D eigenvalue weighted by Gasteiger charge is 2.17. The maximum absolute atomic E-state index is 12.3. The largest absolute Gasteiger partial charge is 0.493 e. The van der Waals surface area contributed by atoms with Gasteiger partial charge in [0.15, 0.2) is 11.5 Å². The van der Waals surface area contributed by atoms with Crippen LogP contribution in [0.3, 0.4) is 0 Å². The second-order valence-corrected chi connectivity index (χ2v) is 5.24. The molecule has 1 aromatic rings. The maximum atomic E-state index is 12.3. The van der Waals surface area contributed by atoms with Gasteiger partial charge >= 0.3 is 0 Å². The van der Waals surface area contributed by atoms with E-state index in [0.29, 0.717) is 22.7 Å². The molecule has 1 atom stereocenters. The minimum absolute atomic E-state index is 0.130. The molecule has 0 fully saturated rings. The van der Waals surface area contributed by atoms with Gasteiger partial charge in [0.1, 0.15) is 0 Å². The molecule has 1 aromatic carbocycles. The molecule has 0 heterocycles. The first-order valence-electron chi connectivity index (χ1n) is 6.38. The van der Waals surface area contributed by atoms with Crippen molar-refractivity contribution in [1.29, 1.82) is 0 Å². The Bertz CT molecular complexity index is 466. The molecule has 3 N–H and O–H groups in total. The topological polar surface area (TPSA) is 73.6 Å². The number of hydrogen-bond acceptors (Lipinski definition) is 5. The van der Waals surface area contributed by atoms with Crippen molar-refractivity contribution < 1.29 is 14.3 Å². The molecule has 0 saturated heterocycles. The van der Waals surface area contributed by atoms with E-state index in [4.69, 9.17) is 15.2 Å². The zero-order valence-electron chi connectivity index (χ0n) is 12.4. The van der Waals surface area contributed by atoms with E-state index in [-0.39, 0.29) is 11.9 Å². The van der Waals surface area contributed by atoms with Gasteiger partial charge in [-0.15, -0.1) is 0 Å². The number of methoxy groups -OCH3 is 2. The van der Waals surface area contributed by atoms with Crippen LogP contribution in [0.5, 0.6) is 11.5 Å². The molecule has 0 saturated carbocycles. The average molecular weight is 298 g/mol. The molecular weight excluding hydrogens is 276 g/mol. The normalized spacial score (nSPS) is 11.8. The van der Waals surface area contributed by atoms with Crippen molar-refractivity contribution >= 4 is 23.4 Å². The van der Waals surface area contributed by atoms with Gasteiger partial charge in [0.05, 0.1) is 19.8 Å². The van der Waals surface area contributed by atoms with E-state index in [0.717, 1.165) is 12.2 Å². The third-order valence-electron chi connectivity index (χ3n) is 3.00. The van der Waals surface area contributed by atoms with Crippen molar-refractivity contribution in [3.63, 3.8) is 0 Å². The summed E-state index contributed by atoms with van der Waals surface area (Å²) in [5.41, 5.74) is 6.69. The third kappa shape index (κ3) is 3.96. The molecular formula is C14H22N2O3S. The minimum atomic E-state index is -0.190. The fourth-order valence-electron chi connectivity index (χ4n) is 1.82. The van der Waals surface area contributed by atoms with Crippen molar-refractivity contribution in [1.82, 2.24) is 5.32 Å². The first-order valence-corrected chi connectivity index (χ1v) is 7.78. The number of thioether (sulfide) groups is 1. The van der Waals surface area contributed by atoms with Crippen molar-refractivity contribution in [2.75, 3.05) is 32.0 Å². The van der Waals surface area contributed by atoms with Gasteiger partial charge in [0.25, 0.3) is 5.91 Å². The van der Waals surface area contributed by atoms with Crippen LogP contribution >= 0.6 is 11.8 Å². The number of carbonyl (C=O) groups is 1. The molecule has 0 aliphatic rings. The number of hydrogen-bond donors (Lipinski definition) is 2. The van der Waals surface area contributed by atoms with Gasteiger partial charge in [-0.05, 0) is 18.7 Å². The first kappa shape index (κ1) is 16.5. The maximum Gasteiger partial charge on any atom is 0.253 e. The fraction of sp³-hybridized carbons (Fsp3) is 0.500. The molecule has 6 heteroatoms. The van der Waals surface area contributed by atoms with E-state index in [9.17, 15) is 4.79 Å². The standard InChI is InChI=1S/C14H22N2O3S/c1-5-9(8-20-4)16-14(17)10-6-12(18-2)13(19-3)7-11(10)15/h6-7,9H,5,8,15H2,1-4H3,(H,16,17). The van der Waals surface area contributed by atoms with Crippen LogP contribution in [0.1, 0.15) is 23.7 Å². The lowest BCUT2D eigenvalue weighted by molar-refractivity contribution is 0.0940. The van der Waals surface area contributed by atoms with Gasteiger partial charge in [0.2, 0.25) is 0 Å². The zero-order valence-corrected chi connectivity index (χ0v) is 13.2. The SMILES string of the molecule is CCC(CSC)NC(=O)c1cc(OC)c(OC)cc1N. The predicted octanol–water partition coefficient (Wildman–Crippen LogP) is 2.16. The summed E-state index contributed by atoms with van der Waals surface area (Å²) in [6, 6.07) is 3.34. The van der Waals surface area contributed by atoms with Crippen LogP contribution in [-0.2, 0) is 0 Å². The van der Waals surface area contributed by atoms with E-state index >= 15 is 0 Å². The number of anilines is 1. The highest BCUT2D eigenvalue weighted by atomic mass is 32.2. The van der Waals surface area contributed by atoms with Gasteiger partial charge in [0, 0.05) is 23.5 Å². The Balaban J connectivity index is 2.97. The lowest BCUT2D eigenvalue weighted by atomic mass is 10.1. The smallest absolute Gasteiger partial charge is 0.253 e. The molecule has 0 aliphatic heterocycles. The summed E-state index contributed by atoms with van der Waals surface area (Å²) < 4.78 is 10.3. The Morgan fingerprint density at radius 1 is 1.35 bits per heavy atom. The monoisotopic (exact) mass is 298 g/mol. The van der Waals surface area contributed by atoms with Gasteiger partial charge in [-0.3, -0.25) is 4.79 Å². The Hall–Kier alpha value is -1.56. The average Bonchev–Trinajstić information content (AvgIpc) is 2.46. The minimum Gasteiger partial charge on any atom is -0.493 e. The van der Waals surface area contributed by atoms with Crippen molar-refractivity contribution in [3.8, 4) is 11.5 Å². The number of carbonyl (C=O) groups excluding carboxylic acids is 1. The second-order valence-electron chi connectivity index (χ2n) is 4.33. The highest BCUT2D eigenvalue weighted by molar-refractivity contribution is 7.98. The van der Waals surface area contributed by atoms with E-state index in [1.807, 2.05) is 13.2 Å². The van der Waals surface area contributed by atoms with Crippen molar-refractivity contribution in [3.05, 3.63) is 17.7 Å². The van der Waals surface area contributed by atoms with Gasteiger partial charge in [-0.25, -0.2) is 0 Å². The van der Waals surface area contributed by atoms with Crippen LogP contribution in [0.25, 0.3) is 0 Å². The Morgan fingerprint density at radius 3 is 2.45 bits per heavy atom. The van der Waals surface area contributed by atoms with Crippen LogP contribution in [0.2, 0.25) is 0 Å². The number of nitrogens with one attached hydrogen (secondary N) is 1. The quantitative estimate of drug-likeness (QED) is 0.755. The van der Waals surface area contributed by atoms with Crippen molar-refractivity contribution in [2.45, 2.75) is 19.4 Å². The summed E-state index contributed by atoms with van der Waals surface area (Å²) in [5.74, 6) is 1.68. The Labute approximate surface area is 124 Å². The van der Waals surface area contributed by atoms with Crippen LogP contribution < -0.4 is 20.5 Å². The van der Waals surface area contributed by atoms with E-state index < -0.39 is 0 Å². The lowest BCUT2D eigenvalue weighted by Gasteiger charge is -2.17. The Kier molecular flexibility index (Phi) is 6.51. The molecule has 0 radical (unpaired) electrons. The summed E-state index contributed by atoms with van der Waals surface area (Å²) in [6.45, 7) is 2.04. The highest BCUT2D eigenvalue weighted by Crippen LogP contribution is 2.31. The first-order chi connectivity index (χ1) is 9.57. The fourth-order valence-corrected chi connectivity index (χ4v) is 2.54. The molecule has 1 amide bonds. The molecule has 0 spiro atoms. The number of ether oxygens (including phenoxy) is 2. The van der Waals surface area contributed by atoms with E-state index in [2.05, 4.69) is 5.32 Å². The number of nitrogen functional groups attached to an aromatic ring is 1. The van der Waals surface area contributed by atoms with Gasteiger partial charge < -0.3 is 20.5 Å². The third-order valence-corrected chi connectivity index (χ3v) is 3.73. The molecule has 0 aliphatic carbocycles. The van der Waals surface area contributed by atoms with Crippen LogP contribution in [0.15, 0.2) is 12.1 Å².